The summed E-state index contributed by atoms with van der Waals surface area (Å²) in [5.41, 5.74) is 1.59. The highest BCUT2D eigenvalue weighted by Gasteiger charge is 2.16. The van der Waals surface area contributed by atoms with E-state index in [9.17, 15) is 4.79 Å². The molecule has 0 atom stereocenters. The summed E-state index contributed by atoms with van der Waals surface area (Å²) < 4.78 is 5.59. The Morgan fingerprint density at radius 3 is 2.81 bits per heavy atom. The van der Waals surface area contributed by atoms with Crippen LogP contribution >= 0.6 is 22.9 Å². The fraction of sp³-hybridized carbons (Fsp3) is 0.211. The van der Waals surface area contributed by atoms with Crippen LogP contribution in [-0.4, -0.2) is 22.5 Å². The number of halogens is 1. The molecule has 0 bridgehead atoms. The molecule has 1 amide bonds. The summed E-state index contributed by atoms with van der Waals surface area (Å²) in [4.78, 5) is 21.7. The minimum absolute atomic E-state index is 0.173. The van der Waals surface area contributed by atoms with Crippen LogP contribution in [0.4, 0.5) is 10.9 Å². The van der Waals surface area contributed by atoms with Crippen molar-refractivity contribution in [3.8, 4) is 5.75 Å². The molecule has 8 heteroatoms. The minimum atomic E-state index is -0.173. The number of pyridine rings is 1. The predicted molar refractivity (Wildman–Crippen MR) is 108 cm³/mol. The first kappa shape index (κ1) is 19.1. The Kier molecular flexibility index (Phi) is 6.26. The second kappa shape index (κ2) is 8.83. The van der Waals surface area contributed by atoms with Crippen LogP contribution in [-0.2, 0) is 6.54 Å². The number of anilines is 2. The lowest BCUT2D eigenvalue weighted by molar-refractivity contribution is 0.0954. The largest absolute Gasteiger partial charge is 0.494 e. The van der Waals surface area contributed by atoms with E-state index in [4.69, 9.17) is 16.3 Å². The number of nitrogens with zero attached hydrogens (tertiary/aromatic N) is 2. The summed E-state index contributed by atoms with van der Waals surface area (Å²) in [6.45, 7) is 4.70. The Labute approximate surface area is 166 Å². The number of amides is 1. The third kappa shape index (κ3) is 4.96. The molecule has 3 rings (SSSR count). The Morgan fingerprint density at radius 1 is 1.26 bits per heavy atom. The molecule has 0 unspecified atom stereocenters. The van der Waals surface area contributed by atoms with Crippen molar-refractivity contribution in [2.75, 3.05) is 11.9 Å². The average molecular weight is 403 g/mol. The molecular weight excluding hydrogens is 384 g/mol. The molecule has 27 heavy (non-hydrogen) atoms. The van der Waals surface area contributed by atoms with Gasteiger partial charge in [0.15, 0.2) is 5.13 Å². The molecular formula is C19H19ClN4O2S. The third-order valence-electron chi connectivity index (χ3n) is 3.68. The van der Waals surface area contributed by atoms with Gasteiger partial charge in [-0.3, -0.25) is 4.79 Å². The van der Waals surface area contributed by atoms with Gasteiger partial charge < -0.3 is 15.4 Å². The number of thiazole rings is 1. The van der Waals surface area contributed by atoms with Crippen LogP contribution in [0.5, 0.6) is 5.75 Å². The average Bonchev–Trinajstić information content (AvgIpc) is 3.03. The number of carbonyl (C=O) groups excluding carboxylic acids is 1. The number of carbonyl (C=O) groups is 1. The highest BCUT2D eigenvalue weighted by molar-refractivity contribution is 7.17. The van der Waals surface area contributed by atoms with E-state index >= 15 is 0 Å². The molecule has 2 aromatic heterocycles. The molecule has 0 aliphatic heterocycles. The number of para-hydroxylation sites is 1. The summed E-state index contributed by atoms with van der Waals surface area (Å²) in [5, 5.41) is 7.17. The van der Waals surface area contributed by atoms with E-state index in [1.165, 1.54) is 11.3 Å². The normalized spacial score (nSPS) is 10.5. The zero-order valence-corrected chi connectivity index (χ0v) is 16.5. The zero-order valence-electron chi connectivity index (χ0n) is 15.0. The second-order valence-corrected chi connectivity index (χ2v) is 7.08. The summed E-state index contributed by atoms with van der Waals surface area (Å²) in [6, 6.07) is 11.1. The van der Waals surface area contributed by atoms with E-state index < -0.39 is 0 Å². The molecule has 2 N–H and O–H groups in total. The lowest BCUT2D eigenvalue weighted by atomic mass is 10.2. The molecule has 140 valence electrons. The van der Waals surface area contributed by atoms with Crippen molar-refractivity contribution in [3.05, 3.63) is 63.8 Å². The van der Waals surface area contributed by atoms with Gasteiger partial charge in [0, 0.05) is 18.3 Å². The number of hydrogen-bond acceptors (Lipinski definition) is 6. The molecule has 1 aromatic carbocycles. The molecule has 0 spiro atoms. The van der Waals surface area contributed by atoms with Crippen LogP contribution in [0.2, 0.25) is 5.02 Å². The van der Waals surface area contributed by atoms with Gasteiger partial charge in [0.1, 0.15) is 16.4 Å². The Bertz CT molecular complexity index is 928. The van der Waals surface area contributed by atoms with Crippen molar-refractivity contribution in [1.29, 1.82) is 0 Å². The van der Waals surface area contributed by atoms with Crippen LogP contribution < -0.4 is 15.4 Å². The molecule has 0 saturated carbocycles. The molecule has 3 aromatic rings. The Balaban J connectivity index is 1.67. The van der Waals surface area contributed by atoms with E-state index in [0.717, 1.165) is 11.3 Å². The maximum atomic E-state index is 12.6. The lowest BCUT2D eigenvalue weighted by Crippen LogP contribution is -2.23. The first-order chi connectivity index (χ1) is 13.1. The van der Waals surface area contributed by atoms with Crippen molar-refractivity contribution in [2.24, 2.45) is 0 Å². The van der Waals surface area contributed by atoms with Crippen molar-refractivity contribution in [1.82, 2.24) is 15.3 Å². The number of ether oxygens (including phenoxy) is 1. The molecule has 6 nitrogen and oxygen atoms in total. The monoisotopic (exact) mass is 402 g/mol. The second-order valence-electron chi connectivity index (χ2n) is 5.64. The minimum Gasteiger partial charge on any atom is -0.494 e. The predicted octanol–water partition coefficient (Wildman–Crippen LogP) is 4.57. The van der Waals surface area contributed by atoms with Gasteiger partial charge >= 0.3 is 0 Å². The molecule has 0 aliphatic rings. The smallest absolute Gasteiger partial charge is 0.263 e. The fourth-order valence-corrected chi connectivity index (χ4v) is 3.42. The van der Waals surface area contributed by atoms with E-state index in [0.29, 0.717) is 39.7 Å². The van der Waals surface area contributed by atoms with Crippen LogP contribution in [0.1, 0.15) is 27.9 Å². The quantitative estimate of drug-likeness (QED) is 0.605. The number of aryl methyl sites for hydroxylation is 1. The SMILES string of the molecule is CCOc1ccccc1CNC(=O)c1sc(Nc2ccc(Cl)cn2)nc1C. The van der Waals surface area contributed by atoms with Crippen LogP contribution in [0.25, 0.3) is 0 Å². The molecule has 0 radical (unpaired) electrons. The number of hydrogen-bond donors (Lipinski definition) is 2. The third-order valence-corrected chi connectivity index (χ3v) is 4.97. The van der Waals surface area contributed by atoms with Gasteiger partial charge in [-0.2, -0.15) is 0 Å². The van der Waals surface area contributed by atoms with Crippen molar-refractivity contribution < 1.29 is 9.53 Å². The first-order valence-corrected chi connectivity index (χ1v) is 9.61. The molecule has 2 heterocycles. The Hall–Kier alpha value is -2.64. The maximum Gasteiger partial charge on any atom is 0.263 e. The number of benzene rings is 1. The maximum absolute atomic E-state index is 12.6. The van der Waals surface area contributed by atoms with Gasteiger partial charge in [-0.25, -0.2) is 9.97 Å². The van der Waals surface area contributed by atoms with Crippen LogP contribution in [0.3, 0.4) is 0 Å². The van der Waals surface area contributed by atoms with E-state index in [1.54, 1.807) is 25.3 Å². The molecule has 0 aliphatic carbocycles. The van der Waals surface area contributed by atoms with Gasteiger partial charge in [-0.05, 0) is 32.0 Å². The van der Waals surface area contributed by atoms with Gasteiger partial charge in [-0.1, -0.05) is 41.1 Å². The van der Waals surface area contributed by atoms with Crippen LogP contribution in [0, 0.1) is 6.92 Å². The van der Waals surface area contributed by atoms with Crippen molar-refractivity contribution >= 4 is 39.8 Å². The lowest BCUT2D eigenvalue weighted by Gasteiger charge is -2.10. The topological polar surface area (TPSA) is 76.1 Å². The highest BCUT2D eigenvalue weighted by Crippen LogP contribution is 2.26. The Morgan fingerprint density at radius 2 is 2.07 bits per heavy atom. The van der Waals surface area contributed by atoms with Crippen molar-refractivity contribution in [3.63, 3.8) is 0 Å². The summed E-state index contributed by atoms with van der Waals surface area (Å²) in [7, 11) is 0. The van der Waals surface area contributed by atoms with E-state index in [2.05, 4.69) is 20.6 Å². The fourth-order valence-electron chi connectivity index (χ4n) is 2.42. The van der Waals surface area contributed by atoms with E-state index in [1.807, 2.05) is 31.2 Å². The summed E-state index contributed by atoms with van der Waals surface area (Å²) in [5.74, 6) is 1.22. The summed E-state index contributed by atoms with van der Waals surface area (Å²) in [6.07, 6.45) is 1.55. The molecule has 0 saturated heterocycles. The van der Waals surface area contributed by atoms with E-state index in [-0.39, 0.29) is 5.91 Å². The van der Waals surface area contributed by atoms with Crippen LogP contribution in [0.15, 0.2) is 42.6 Å². The number of aromatic nitrogens is 2. The van der Waals surface area contributed by atoms with Gasteiger partial charge in [0.05, 0.1) is 17.3 Å². The van der Waals surface area contributed by atoms with Crippen molar-refractivity contribution in [2.45, 2.75) is 20.4 Å². The van der Waals surface area contributed by atoms with Gasteiger partial charge in [-0.15, -0.1) is 0 Å². The molecule has 0 fully saturated rings. The number of nitrogens with one attached hydrogen (secondary N) is 2. The highest BCUT2D eigenvalue weighted by atomic mass is 35.5. The zero-order chi connectivity index (χ0) is 19.2. The van der Waals surface area contributed by atoms with Gasteiger partial charge in [0.2, 0.25) is 0 Å². The standard InChI is InChI=1S/C19H19ClN4O2S/c1-3-26-15-7-5-4-6-13(15)10-22-18(25)17-12(2)23-19(27-17)24-16-9-8-14(20)11-21-16/h4-9,11H,3,10H2,1-2H3,(H,22,25)(H,21,23,24). The summed E-state index contributed by atoms with van der Waals surface area (Å²) >= 11 is 7.11. The van der Waals surface area contributed by atoms with Gasteiger partial charge in [0.25, 0.3) is 5.91 Å². The first-order valence-electron chi connectivity index (χ1n) is 8.41. The number of rotatable bonds is 7.